The van der Waals surface area contributed by atoms with Crippen LogP contribution in [0.15, 0.2) is 48.8 Å². The number of benzene rings is 1. The Morgan fingerprint density at radius 2 is 2.16 bits per heavy atom. The lowest BCUT2D eigenvalue weighted by atomic mass is 10.2. The molecular formula is C14H11N3O2. The average molecular weight is 253 g/mol. The Morgan fingerprint density at radius 1 is 1.26 bits per heavy atom. The van der Waals surface area contributed by atoms with E-state index in [-0.39, 0.29) is 5.56 Å². The summed E-state index contributed by atoms with van der Waals surface area (Å²) in [5.74, 6) is -0.664. The van der Waals surface area contributed by atoms with E-state index in [1.165, 1.54) is 6.07 Å². The quantitative estimate of drug-likeness (QED) is 0.670. The molecule has 3 aromatic rings. The van der Waals surface area contributed by atoms with Crippen LogP contribution in [0.1, 0.15) is 10.4 Å². The highest BCUT2D eigenvalue weighted by atomic mass is 16.4. The van der Waals surface area contributed by atoms with E-state index in [2.05, 4.69) is 15.3 Å². The van der Waals surface area contributed by atoms with Crippen molar-refractivity contribution in [3.63, 3.8) is 0 Å². The standard InChI is InChI=1S/C14H11N3O2/c18-14(19)11-2-1-6-16-13(11)17-10-3-4-12-9(8-10)5-7-15-12/h1-8,15H,(H,16,17)(H,18,19). The van der Waals surface area contributed by atoms with Gasteiger partial charge in [-0.25, -0.2) is 9.78 Å². The summed E-state index contributed by atoms with van der Waals surface area (Å²) in [6.45, 7) is 0. The summed E-state index contributed by atoms with van der Waals surface area (Å²) >= 11 is 0. The van der Waals surface area contributed by atoms with E-state index >= 15 is 0 Å². The van der Waals surface area contributed by atoms with Gasteiger partial charge in [0.1, 0.15) is 11.4 Å². The maximum absolute atomic E-state index is 11.1. The predicted molar refractivity (Wildman–Crippen MR) is 72.8 cm³/mol. The first-order chi connectivity index (χ1) is 9.24. The van der Waals surface area contributed by atoms with E-state index in [4.69, 9.17) is 5.11 Å². The highest BCUT2D eigenvalue weighted by Gasteiger charge is 2.10. The summed E-state index contributed by atoms with van der Waals surface area (Å²) in [4.78, 5) is 18.3. The molecule has 5 nitrogen and oxygen atoms in total. The van der Waals surface area contributed by atoms with Crippen molar-refractivity contribution < 1.29 is 9.90 Å². The van der Waals surface area contributed by atoms with Gasteiger partial charge in [0.25, 0.3) is 0 Å². The minimum Gasteiger partial charge on any atom is -0.478 e. The number of pyridine rings is 1. The van der Waals surface area contributed by atoms with Crippen LogP contribution >= 0.6 is 0 Å². The van der Waals surface area contributed by atoms with E-state index in [9.17, 15) is 4.79 Å². The second kappa shape index (κ2) is 4.45. The maximum Gasteiger partial charge on any atom is 0.339 e. The van der Waals surface area contributed by atoms with Crippen molar-refractivity contribution in [1.29, 1.82) is 0 Å². The lowest BCUT2D eigenvalue weighted by Gasteiger charge is -2.08. The zero-order valence-electron chi connectivity index (χ0n) is 9.92. The fraction of sp³-hybridized carbons (Fsp3) is 0. The fourth-order valence-electron chi connectivity index (χ4n) is 1.95. The molecule has 0 bridgehead atoms. The molecule has 0 aliphatic rings. The zero-order valence-corrected chi connectivity index (χ0v) is 9.92. The average Bonchev–Trinajstić information content (AvgIpc) is 2.86. The maximum atomic E-state index is 11.1. The van der Waals surface area contributed by atoms with Crippen molar-refractivity contribution in [2.45, 2.75) is 0 Å². The lowest BCUT2D eigenvalue weighted by Crippen LogP contribution is -2.04. The fourth-order valence-corrected chi connectivity index (χ4v) is 1.95. The number of carboxylic acids is 1. The van der Waals surface area contributed by atoms with Gasteiger partial charge in [-0.2, -0.15) is 0 Å². The van der Waals surface area contributed by atoms with Crippen LogP contribution in [0.25, 0.3) is 10.9 Å². The van der Waals surface area contributed by atoms with Crippen LogP contribution in [-0.4, -0.2) is 21.0 Å². The number of carbonyl (C=O) groups is 1. The van der Waals surface area contributed by atoms with Crippen molar-refractivity contribution >= 4 is 28.4 Å². The van der Waals surface area contributed by atoms with Crippen LogP contribution in [0.4, 0.5) is 11.5 Å². The smallest absolute Gasteiger partial charge is 0.339 e. The number of hydrogen-bond donors (Lipinski definition) is 3. The molecule has 5 heteroatoms. The topological polar surface area (TPSA) is 78.0 Å². The minimum absolute atomic E-state index is 0.150. The van der Waals surface area contributed by atoms with E-state index in [1.807, 2.05) is 30.5 Å². The summed E-state index contributed by atoms with van der Waals surface area (Å²) in [5.41, 5.74) is 1.98. The Labute approximate surface area is 108 Å². The number of anilines is 2. The molecule has 1 aromatic carbocycles. The van der Waals surface area contributed by atoms with Crippen molar-refractivity contribution in [3.8, 4) is 0 Å². The van der Waals surface area contributed by atoms with Crippen LogP contribution < -0.4 is 5.32 Å². The van der Waals surface area contributed by atoms with Crippen LogP contribution in [0.2, 0.25) is 0 Å². The summed E-state index contributed by atoms with van der Waals surface area (Å²) in [6.07, 6.45) is 3.42. The van der Waals surface area contributed by atoms with Gasteiger partial charge < -0.3 is 15.4 Å². The Balaban J connectivity index is 1.98. The third kappa shape index (κ3) is 2.13. The minimum atomic E-state index is -1.00. The van der Waals surface area contributed by atoms with Crippen LogP contribution in [0.3, 0.4) is 0 Å². The van der Waals surface area contributed by atoms with Crippen molar-refractivity contribution in [2.75, 3.05) is 5.32 Å². The molecule has 0 saturated heterocycles. The number of hydrogen-bond acceptors (Lipinski definition) is 3. The number of aromatic nitrogens is 2. The number of aromatic carboxylic acids is 1. The van der Waals surface area contributed by atoms with E-state index in [1.54, 1.807) is 12.3 Å². The predicted octanol–water partition coefficient (Wildman–Crippen LogP) is 3.00. The van der Waals surface area contributed by atoms with Gasteiger partial charge in [0.15, 0.2) is 0 Å². The molecule has 94 valence electrons. The number of rotatable bonds is 3. The van der Waals surface area contributed by atoms with Crippen LogP contribution in [0.5, 0.6) is 0 Å². The van der Waals surface area contributed by atoms with E-state index in [0.717, 1.165) is 16.6 Å². The van der Waals surface area contributed by atoms with Crippen molar-refractivity contribution in [2.24, 2.45) is 0 Å². The summed E-state index contributed by atoms with van der Waals surface area (Å²) in [7, 11) is 0. The molecule has 0 unspecified atom stereocenters. The van der Waals surface area contributed by atoms with Gasteiger partial charge in [-0.05, 0) is 36.4 Å². The van der Waals surface area contributed by atoms with Gasteiger partial charge in [-0.15, -0.1) is 0 Å². The molecule has 0 radical (unpaired) electrons. The molecule has 19 heavy (non-hydrogen) atoms. The molecule has 0 saturated carbocycles. The molecule has 0 amide bonds. The Hall–Kier alpha value is -2.82. The van der Waals surface area contributed by atoms with Gasteiger partial charge in [0.05, 0.1) is 0 Å². The molecule has 0 aliphatic carbocycles. The molecule has 0 aliphatic heterocycles. The number of nitrogens with one attached hydrogen (secondary N) is 2. The second-order valence-electron chi connectivity index (χ2n) is 4.11. The zero-order chi connectivity index (χ0) is 13.2. The van der Waals surface area contributed by atoms with Gasteiger partial charge in [0, 0.05) is 29.0 Å². The number of fused-ring (bicyclic) bond motifs is 1. The number of nitrogens with zero attached hydrogens (tertiary/aromatic N) is 1. The van der Waals surface area contributed by atoms with Crippen LogP contribution in [0, 0.1) is 0 Å². The number of aromatic amines is 1. The van der Waals surface area contributed by atoms with Crippen molar-refractivity contribution in [3.05, 3.63) is 54.4 Å². The molecule has 0 spiro atoms. The van der Waals surface area contributed by atoms with Crippen LogP contribution in [-0.2, 0) is 0 Å². The molecule has 2 aromatic heterocycles. The third-order valence-corrected chi connectivity index (χ3v) is 2.85. The van der Waals surface area contributed by atoms with Gasteiger partial charge in [0.2, 0.25) is 0 Å². The van der Waals surface area contributed by atoms with Gasteiger partial charge in [-0.3, -0.25) is 0 Å². The largest absolute Gasteiger partial charge is 0.478 e. The lowest BCUT2D eigenvalue weighted by molar-refractivity contribution is 0.0697. The first kappa shape index (κ1) is 11.3. The van der Waals surface area contributed by atoms with Gasteiger partial charge in [-0.1, -0.05) is 0 Å². The van der Waals surface area contributed by atoms with E-state index < -0.39 is 5.97 Å². The summed E-state index contributed by atoms with van der Waals surface area (Å²) < 4.78 is 0. The highest BCUT2D eigenvalue weighted by molar-refractivity contribution is 5.94. The molecular weight excluding hydrogens is 242 g/mol. The molecule has 3 N–H and O–H groups in total. The first-order valence-corrected chi connectivity index (χ1v) is 5.76. The Bertz CT molecular complexity index is 749. The van der Waals surface area contributed by atoms with Crippen molar-refractivity contribution in [1.82, 2.24) is 9.97 Å². The molecule has 0 fully saturated rings. The first-order valence-electron chi connectivity index (χ1n) is 5.76. The summed E-state index contributed by atoms with van der Waals surface area (Å²) in [6, 6.07) is 10.8. The second-order valence-corrected chi connectivity index (χ2v) is 4.11. The molecule has 0 atom stereocenters. The highest BCUT2D eigenvalue weighted by Crippen LogP contribution is 2.22. The number of H-pyrrole nitrogens is 1. The van der Waals surface area contributed by atoms with Gasteiger partial charge >= 0.3 is 5.97 Å². The monoisotopic (exact) mass is 253 g/mol. The number of carboxylic acid groups (broad SMARTS) is 1. The molecule has 2 heterocycles. The Kier molecular flexibility index (Phi) is 2.64. The third-order valence-electron chi connectivity index (χ3n) is 2.85. The molecule has 3 rings (SSSR count). The SMILES string of the molecule is O=C(O)c1cccnc1Nc1ccc2[nH]ccc2c1. The Morgan fingerprint density at radius 3 is 3.00 bits per heavy atom. The summed E-state index contributed by atoms with van der Waals surface area (Å²) in [5, 5.41) is 13.2. The van der Waals surface area contributed by atoms with E-state index in [0.29, 0.717) is 5.82 Å². The normalized spacial score (nSPS) is 10.5.